The number of anilines is 1. The minimum Gasteiger partial charge on any atom is -0.486 e. The van der Waals surface area contributed by atoms with Crippen molar-refractivity contribution in [3.63, 3.8) is 0 Å². The smallest absolute Gasteiger partial charge is 0.339 e. The van der Waals surface area contributed by atoms with E-state index in [-0.39, 0.29) is 30.1 Å². The molecule has 1 heterocycles. The monoisotopic (exact) mass is 369 g/mol. The maximum absolute atomic E-state index is 12.4. The second-order valence-electron chi connectivity index (χ2n) is 5.87. The summed E-state index contributed by atoms with van der Waals surface area (Å²) in [6.45, 7) is 0.917. The summed E-state index contributed by atoms with van der Waals surface area (Å²) in [5, 5.41) is 2.65. The van der Waals surface area contributed by atoms with Crippen LogP contribution in [0.2, 0.25) is 0 Å². The largest absolute Gasteiger partial charge is 0.486 e. The first kappa shape index (κ1) is 18.4. The lowest BCUT2D eigenvalue weighted by Gasteiger charge is -2.18. The molecule has 140 valence electrons. The first-order valence-corrected chi connectivity index (χ1v) is 8.48. The predicted octanol–water partition coefficient (Wildman–Crippen LogP) is 2.85. The highest BCUT2D eigenvalue weighted by molar-refractivity contribution is 6.03. The molecule has 0 saturated carbocycles. The van der Waals surface area contributed by atoms with Crippen molar-refractivity contribution >= 4 is 23.3 Å². The lowest BCUT2D eigenvalue weighted by Crippen LogP contribution is -2.17. The van der Waals surface area contributed by atoms with Crippen molar-refractivity contribution in [2.24, 2.45) is 0 Å². The SMILES string of the molecule is COC(=O)c1ccccc1NC(=O)CCC(=O)c1ccc2c(c1)OCCO2. The topological polar surface area (TPSA) is 90.9 Å². The average Bonchev–Trinajstić information content (AvgIpc) is 2.71. The molecule has 0 bridgehead atoms. The van der Waals surface area contributed by atoms with Gasteiger partial charge in [-0.2, -0.15) is 0 Å². The van der Waals surface area contributed by atoms with Crippen molar-refractivity contribution in [2.75, 3.05) is 25.6 Å². The maximum Gasteiger partial charge on any atom is 0.339 e. The predicted molar refractivity (Wildman–Crippen MR) is 97.4 cm³/mol. The van der Waals surface area contributed by atoms with Gasteiger partial charge in [0, 0.05) is 18.4 Å². The molecule has 3 rings (SSSR count). The number of esters is 1. The molecule has 0 spiro atoms. The highest BCUT2D eigenvalue weighted by Crippen LogP contribution is 2.31. The summed E-state index contributed by atoms with van der Waals surface area (Å²) in [6, 6.07) is 11.5. The van der Waals surface area contributed by atoms with E-state index in [0.717, 1.165) is 0 Å². The number of fused-ring (bicyclic) bond motifs is 1. The van der Waals surface area contributed by atoms with Crippen LogP contribution < -0.4 is 14.8 Å². The van der Waals surface area contributed by atoms with Gasteiger partial charge in [-0.3, -0.25) is 9.59 Å². The Bertz CT molecular complexity index is 877. The molecule has 7 heteroatoms. The van der Waals surface area contributed by atoms with Crippen LogP contribution in [0.5, 0.6) is 11.5 Å². The van der Waals surface area contributed by atoms with E-state index in [2.05, 4.69) is 5.32 Å². The Hall–Kier alpha value is -3.35. The fourth-order valence-corrected chi connectivity index (χ4v) is 2.68. The van der Waals surface area contributed by atoms with Gasteiger partial charge >= 0.3 is 5.97 Å². The number of Topliss-reactive ketones (excluding diaryl/α,β-unsaturated/α-hetero) is 1. The molecule has 0 aromatic heterocycles. The van der Waals surface area contributed by atoms with E-state index in [1.807, 2.05) is 0 Å². The molecule has 0 fully saturated rings. The Balaban J connectivity index is 1.60. The number of amides is 1. The number of para-hydroxylation sites is 1. The van der Waals surface area contributed by atoms with Gasteiger partial charge < -0.3 is 19.5 Å². The van der Waals surface area contributed by atoms with Crippen LogP contribution in [0.15, 0.2) is 42.5 Å². The average molecular weight is 369 g/mol. The standard InChI is InChI=1S/C20H19NO6/c1-25-20(24)14-4-2-3-5-15(14)21-19(23)9-7-16(22)13-6-8-17-18(12-13)27-11-10-26-17/h2-6,8,12H,7,9-11H2,1H3,(H,21,23). The number of hydrogen-bond acceptors (Lipinski definition) is 6. The van der Waals surface area contributed by atoms with Crippen LogP contribution in [-0.4, -0.2) is 38.0 Å². The highest BCUT2D eigenvalue weighted by atomic mass is 16.6. The van der Waals surface area contributed by atoms with Gasteiger partial charge in [-0.05, 0) is 30.3 Å². The van der Waals surface area contributed by atoms with Crippen LogP contribution in [0.3, 0.4) is 0 Å². The molecule has 1 amide bonds. The molecule has 0 radical (unpaired) electrons. The molecule has 1 aliphatic heterocycles. The van der Waals surface area contributed by atoms with E-state index in [9.17, 15) is 14.4 Å². The Kier molecular flexibility index (Phi) is 5.71. The van der Waals surface area contributed by atoms with E-state index < -0.39 is 5.97 Å². The van der Waals surface area contributed by atoms with Crippen LogP contribution in [0.1, 0.15) is 33.6 Å². The molecule has 0 atom stereocenters. The van der Waals surface area contributed by atoms with Crippen molar-refractivity contribution in [3.8, 4) is 11.5 Å². The lowest BCUT2D eigenvalue weighted by molar-refractivity contribution is -0.116. The molecule has 0 unspecified atom stereocenters. The number of hydrogen-bond donors (Lipinski definition) is 1. The van der Waals surface area contributed by atoms with Crippen LogP contribution >= 0.6 is 0 Å². The quantitative estimate of drug-likeness (QED) is 0.622. The van der Waals surface area contributed by atoms with E-state index in [1.165, 1.54) is 7.11 Å². The zero-order valence-corrected chi connectivity index (χ0v) is 14.8. The fraction of sp³-hybridized carbons (Fsp3) is 0.250. The molecular weight excluding hydrogens is 350 g/mol. The van der Waals surface area contributed by atoms with E-state index in [4.69, 9.17) is 14.2 Å². The zero-order valence-electron chi connectivity index (χ0n) is 14.8. The first-order chi connectivity index (χ1) is 13.1. The molecule has 2 aromatic carbocycles. The summed E-state index contributed by atoms with van der Waals surface area (Å²) in [5.41, 5.74) is 1.06. The van der Waals surface area contributed by atoms with Crippen LogP contribution in [0.25, 0.3) is 0 Å². The second kappa shape index (κ2) is 8.35. The number of ketones is 1. The summed E-state index contributed by atoms with van der Waals surface area (Å²) in [6.07, 6.45) is 0.0225. The van der Waals surface area contributed by atoms with Gasteiger partial charge in [0.15, 0.2) is 17.3 Å². The lowest BCUT2D eigenvalue weighted by atomic mass is 10.1. The van der Waals surface area contributed by atoms with Crippen molar-refractivity contribution in [1.82, 2.24) is 0 Å². The van der Waals surface area contributed by atoms with E-state index >= 15 is 0 Å². The van der Waals surface area contributed by atoms with E-state index in [0.29, 0.717) is 36.0 Å². The molecule has 0 aliphatic carbocycles. The van der Waals surface area contributed by atoms with Gasteiger partial charge in [-0.15, -0.1) is 0 Å². The molecule has 7 nitrogen and oxygen atoms in total. The number of methoxy groups -OCH3 is 1. The molecule has 27 heavy (non-hydrogen) atoms. The van der Waals surface area contributed by atoms with Crippen molar-refractivity contribution in [1.29, 1.82) is 0 Å². The first-order valence-electron chi connectivity index (χ1n) is 8.48. The molecule has 1 N–H and O–H groups in total. The molecule has 2 aromatic rings. The minimum atomic E-state index is -0.543. The number of rotatable bonds is 6. The van der Waals surface area contributed by atoms with Gasteiger partial charge in [0.1, 0.15) is 13.2 Å². The molecule has 1 aliphatic rings. The third kappa shape index (κ3) is 4.44. The second-order valence-corrected chi connectivity index (χ2v) is 5.87. The van der Waals surface area contributed by atoms with Crippen LogP contribution in [-0.2, 0) is 9.53 Å². The van der Waals surface area contributed by atoms with E-state index in [1.54, 1.807) is 42.5 Å². The molecular formula is C20H19NO6. The number of carbonyl (C=O) groups excluding carboxylic acids is 3. The minimum absolute atomic E-state index is 0.0111. The van der Waals surface area contributed by atoms with Gasteiger partial charge in [0.2, 0.25) is 5.91 Å². The Morgan fingerprint density at radius 2 is 1.74 bits per heavy atom. The third-order valence-corrected chi connectivity index (χ3v) is 4.05. The Labute approximate surface area is 156 Å². The van der Waals surface area contributed by atoms with Crippen LogP contribution in [0.4, 0.5) is 5.69 Å². The van der Waals surface area contributed by atoms with Crippen molar-refractivity contribution in [3.05, 3.63) is 53.6 Å². The number of benzene rings is 2. The summed E-state index contributed by atoms with van der Waals surface area (Å²) >= 11 is 0. The van der Waals surface area contributed by atoms with Gasteiger partial charge in [-0.1, -0.05) is 12.1 Å². The van der Waals surface area contributed by atoms with Crippen molar-refractivity contribution < 1.29 is 28.6 Å². The maximum atomic E-state index is 12.4. The summed E-state index contributed by atoms with van der Waals surface area (Å²) < 4.78 is 15.6. The Morgan fingerprint density at radius 1 is 1.00 bits per heavy atom. The van der Waals surface area contributed by atoms with Gasteiger partial charge in [0.05, 0.1) is 18.4 Å². The van der Waals surface area contributed by atoms with Crippen LogP contribution in [0, 0.1) is 0 Å². The Morgan fingerprint density at radius 3 is 2.52 bits per heavy atom. The summed E-state index contributed by atoms with van der Waals surface area (Å²) in [4.78, 5) is 36.3. The summed E-state index contributed by atoms with van der Waals surface area (Å²) in [7, 11) is 1.27. The zero-order chi connectivity index (χ0) is 19.2. The number of ether oxygens (including phenoxy) is 3. The summed E-state index contributed by atoms with van der Waals surface area (Å²) in [5.74, 6) is 0.0531. The highest BCUT2D eigenvalue weighted by Gasteiger charge is 2.17. The molecule has 0 saturated heterocycles. The van der Waals surface area contributed by atoms with Gasteiger partial charge in [-0.25, -0.2) is 4.79 Å². The fourth-order valence-electron chi connectivity index (χ4n) is 2.68. The normalized spacial score (nSPS) is 12.2. The third-order valence-electron chi connectivity index (χ3n) is 4.05. The van der Waals surface area contributed by atoms with Crippen molar-refractivity contribution in [2.45, 2.75) is 12.8 Å². The number of carbonyl (C=O) groups is 3. The van der Waals surface area contributed by atoms with Gasteiger partial charge in [0.25, 0.3) is 0 Å². The number of nitrogens with one attached hydrogen (secondary N) is 1.